The van der Waals surface area contributed by atoms with Crippen LogP contribution in [0.3, 0.4) is 0 Å². The molecule has 0 spiro atoms. The maximum Gasteiger partial charge on any atom is 0.341 e. The number of aliphatic carboxylic acids is 2. The number of fused-ring (bicyclic) bond motifs is 4. The van der Waals surface area contributed by atoms with Crippen molar-refractivity contribution in [2.45, 2.75) is 0 Å². The highest BCUT2D eigenvalue weighted by molar-refractivity contribution is 6.11. The standard InChI is InChI=1S/C23H18O4.C22H16O4/c1-26-19-12-10-15-6-2-4-8-17(15)22(19)23-18-9-5-3-7-16(18)11-13-20(23)27-14-21(24)25;23-18-11-9-14-5-1-3-7-16(14)21(18)22-17-8-4-2-6-15(17)10-12-19(22)26-13-20(24)25/h2-13H,14H2,1H3,(H,24,25);1-12,23H,13H2,(H,24,25). The van der Waals surface area contributed by atoms with E-state index in [1.807, 2.05) is 133 Å². The zero-order valence-corrected chi connectivity index (χ0v) is 28.7. The van der Waals surface area contributed by atoms with Crippen LogP contribution in [0.4, 0.5) is 0 Å². The zero-order valence-electron chi connectivity index (χ0n) is 28.7. The molecule has 0 unspecified atom stereocenters. The van der Waals surface area contributed by atoms with Gasteiger partial charge in [0, 0.05) is 22.3 Å². The van der Waals surface area contributed by atoms with Gasteiger partial charge in [-0.05, 0) is 67.4 Å². The average molecular weight is 703 g/mol. The third-order valence-electron chi connectivity index (χ3n) is 9.00. The zero-order chi connectivity index (χ0) is 36.9. The smallest absolute Gasteiger partial charge is 0.341 e. The number of carbonyl (C=O) groups is 2. The lowest BCUT2D eigenvalue weighted by molar-refractivity contribution is -0.140. The van der Waals surface area contributed by atoms with E-state index in [0.29, 0.717) is 28.4 Å². The van der Waals surface area contributed by atoms with E-state index in [2.05, 4.69) is 0 Å². The van der Waals surface area contributed by atoms with Crippen molar-refractivity contribution < 1.29 is 39.1 Å². The van der Waals surface area contributed by atoms with Crippen molar-refractivity contribution in [2.75, 3.05) is 20.3 Å². The Balaban J connectivity index is 0.000000164. The molecule has 0 bridgehead atoms. The molecule has 0 saturated carbocycles. The van der Waals surface area contributed by atoms with E-state index in [1.165, 1.54) is 0 Å². The number of phenolic OH excluding ortho intramolecular Hbond substituents is 1. The SMILES string of the molecule is COc1ccc2ccccc2c1-c1c(OCC(=O)O)ccc2ccccc12.O=C(O)COc1ccc2ccccc2c1-c1c(O)ccc2ccccc12. The lowest BCUT2D eigenvalue weighted by Crippen LogP contribution is -2.10. The molecule has 0 aliphatic carbocycles. The fourth-order valence-corrected chi connectivity index (χ4v) is 6.74. The summed E-state index contributed by atoms with van der Waals surface area (Å²) in [5, 5.41) is 36.6. The molecular formula is C45H34O8. The van der Waals surface area contributed by atoms with Crippen molar-refractivity contribution in [3.63, 3.8) is 0 Å². The Morgan fingerprint density at radius 2 is 0.755 bits per heavy atom. The van der Waals surface area contributed by atoms with Crippen molar-refractivity contribution in [3.8, 4) is 45.3 Å². The predicted molar refractivity (Wildman–Crippen MR) is 208 cm³/mol. The van der Waals surface area contributed by atoms with E-state index < -0.39 is 25.2 Å². The van der Waals surface area contributed by atoms with Gasteiger partial charge in [-0.3, -0.25) is 0 Å². The fourth-order valence-electron chi connectivity index (χ4n) is 6.74. The Morgan fingerprint density at radius 1 is 0.434 bits per heavy atom. The monoisotopic (exact) mass is 702 g/mol. The van der Waals surface area contributed by atoms with Crippen LogP contribution in [0.15, 0.2) is 146 Å². The number of carboxylic acid groups (broad SMARTS) is 2. The highest BCUT2D eigenvalue weighted by Crippen LogP contribution is 2.46. The largest absolute Gasteiger partial charge is 0.507 e. The van der Waals surface area contributed by atoms with Gasteiger partial charge in [0.2, 0.25) is 0 Å². The summed E-state index contributed by atoms with van der Waals surface area (Å²) >= 11 is 0. The summed E-state index contributed by atoms with van der Waals surface area (Å²) in [7, 11) is 1.64. The molecule has 0 aliphatic heterocycles. The average Bonchev–Trinajstić information content (AvgIpc) is 3.19. The molecule has 0 radical (unpaired) electrons. The minimum Gasteiger partial charge on any atom is -0.507 e. The summed E-state index contributed by atoms with van der Waals surface area (Å²) < 4.78 is 16.9. The van der Waals surface area contributed by atoms with Gasteiger partial charge in [-0.15, -0.1) is 0 Å². The first kappa shape index (κ1) is 34.4. The summed E-state index contributed by atoms with van der Waals surface area (Å²) in [6, 6.07) is 46.4. The summed E-state index contributed by atoms with van der Waals surface area (Å²) in [6.45, 7) is -0.852. The third-order valence-corrected chi connectivity index (χ3v) is 9.00. The van der Waals surface area contributed by atoms with Gasteiger partial charge in [-0.1, -0.05) is 121 Å². The van der Waals surface area contributed by atoms with Gasteiger partial charge in [0.25, 0.3) is 0 Å². The normalized spacial score (nSPS) is 10.9. The maximum absolute atomic E-state index is 11.1. The first-order valence-electron chi connectivity index (χ1n) is 16.8. The quantitative estimate of drug-likeness (QED) is 0.136. The van der Waals surface area contributed by atoms with Gasteiger partial charge >= 0.3 is 11.9 Å². The van der Waals surface area contributed by atoms with Crippen LogP contribution in [0.5, 0.6) is 23.0 Å². The molecular weight excluding hydrogens is 668 g/mol. The Bertz CT molecular complexity index is 2650. The predicted octanol–water partition coefficient (Wildman–Crippen LogP) is 9.96. The van der Waals surface area contributed by atoms with Crippen LogP contribution < -0.4 is 14.2 Å². The lowest BCUT2D eigenvalue weighted by atomic mass is 9.92. The highest BCUT2D eigenvalue weighted by atomic mass is 16.5. The molecule has 3 N–H and O–H groups in total. The van der Waals surface area contributed by atoms with E-state index in [-0.39, 0.29) is 5.75 Å². The van der Waals surface area contributed by atoms with Crippen molar-refractivity contribution in [2.24, 2.45) is 0 Å². The van der Waals surface area contributed by atoms with Crippen LogP contribution in [0.2, 0.25) is 0 Å². The lowest BCUT2D eigenvalue weighted by Gasteiger charge is -2.18. The molecule has 262 valence electrons. The van der Waals surface area contributed by atoms with Crippen molar-refractivity contribution in [1.82, 2.24) is 0 Å². The minimum atomic E-state index is -1.05. The number of benzene rings is 8. The topological polar surface area (TPSA) is 123 Å². The first-order valence-corrected chi connectivity index (χ1v) is 16.8. The van der Waals surface area contributed by atoms with E-state index in [9.17, 15) is 14.7 Å². The second-order valence-corrected chi connectivity index (χ2v) is 12.2. The minimum absolute atomic E-state index is 0.125. The Labute approximate surface area is 304 Å². The number of hydrogen-bond donors (Lipinski definition) is 3. The van der Waals surface area contributed by atoms with E-state index in [4.69, 9.17) is 24.4 Å². The fraction of sp³-hybridized carbons (Fsp3) is 0.0667. The number of phenols is 1. The number of carboxylic acids is 2. The molecule has 0 fully saturated rings. The van der Waals surface area contributed by atoms with Crippen LogP contribution in [0, 0.1) is 0 Å². The summed E-state index contributed by atoms with van der Waals surface area (Å²) in [6.07, 6.45) is 0. The van der Waals surface area contributed by atoms with Gasteiger partial charge in [0.1, 0.15) is 23.0 Å². The first-order chi connectivity index (χ1) is 25.8. The Kier molecular flexibility index (Phi) is 9.76. The molecule has 0 atom stereocenters. The van der Waals surface area contributed by atoms with E-state index >= 15 is 0 Å². The summed E-state index contributed by atoms with van der Waals surface area (Å²) in [5.74, 6) is -0.279. The third kappa shape index (κ3) is 6.98. The molecule has 8 nitrogen and oxygen atoms in total. The summed E-state index contributed by atoms with van der Waals surface area (Å²) in [4.78, 5) is 22.1. The van der Waals surface area contributed by atoms with Crippen LogP contribution in [-0.4, -0.2) is 47.6 Å². The summed E-state index contributed by atoms with van der Waals surface area (Å²) in [5.41, 5.74) is 3.06. The number of methoxy groups -OCH3 is 1. The molecule has 0 amide bonds. The molecule has 8 rings (SSSR count). The van der Waals surface area contributed by atoms with Gasteiger partial charge in [0.05, 0.1) is 7.11 Å². The molecule has 8 aromatic carbocycles. The van der Waals surface area contributed by atoms with Crippen molar-refractivity contribution >= 4 is 55.0 Å². The van der Waals surface area contributed by atoms with E-state index in [0.717, 1.165) is 54.2 Å². The van der Waals surface area contributed by atoms with Crippen molar-refractivity contribution in [1.29, 1.82) is 0 Å². The molecule has 53 heavy (non-hydrogen) atoms. The molecule has 0 aromatic heterocycles. The van der Waals surface area contributed by atoms with Crippen LogP contribution >= 0.6 is 0 Å². The molecule has 8 heteroatoms. The van der Waals surface area contributed by atoms with Crippen LogP contribution in [-0.2, 0) is 9.59 Å². The maximum atomic E-state index is 11.1. The number of hydrogen-bond acceptors (Lipinski definition) is 6. The second-order valence-electron chi connectivity index (χ2n) is 12.2. The highest BCUT2D eigenvalue weighted by Gasteiger charge is 2.20. The van der Waals surface area contributed by atoms with Crippen molar-refractivity contribution in [3.05, 3.63) is 146 Å². The number of aromatic hydroxyl groups is 1. The molecule has 0 heterocycles. The van der Waals surface area contributed by atoms with Crippen LogP contribution in [0.25, 0.3) is 65.3 Å². The van der Waals surface area contributed by atoms with E-state index in [1.54, 1.807) is 19.2 Å². The molecule has 0 aliphatic rings. The molecule has 0 saturated heterocycles. The van der Waals surface area contributed by atoms with Gasteiger partial charge < -0.3 is 29.5 Å². The number of ether oxygens (including phenoxy) is 3. The number of rotatable bonds is 9. The Hall–Kier alpha value is -7.06. The van der Waals surface area contributed by atoms with Gasteiger partial charge in [-0.2, -0.15) is 0 Å². The van der Waals surface area contributed by atoms with Gasteiger partial charge in [-0.25, -0.2) is 9.59 Å². The Morgan fingerprint density at radius 3 is 1.15 bits per heavy atom. The molecule has 8 aromatic rings. The van der Waals surface area contributed by atoms with Gasteiger partial charge in [0.15, 0.2) is 13.2 Å². The van der Waals surface area contributed by atoms with Crippen LogP contribution in [0.1, 0.15) is 0 Å². The second kappa shape index (κ2) is 15.0.